The third-order valence-corrected chi connectivity index (χ3v) is 2.46. The Bertz CT molecular complexity index is 373. The monoisotopic (exact) mass is 241 g/mol. The van der Waals surface area contributed by atoms with Crippen LogP contribution in [-0.2, 0) is 10.5 Å². The molecule has 0 unspecified atom stereocenters. The first-order valence-corrected chi connectivity index (χ1v) is 6.28. The lowest BCUT2D eigenvalue weighted by Gasteiger charge is -2.08. The van der Waals surface area contributed by atoms with E-state index in [1.165, 1.54) is 0 Å². The summed E-state index contributed by atoms with van der Waals surface area (Å²) in [6.45, 7) is 3.78. The number of hydrogen-bond donors (Lipinski definition) is 1. The molecule has 0 aliphatic heterocycles. The average Bonchev–Trinajstić information content (AvgIpc) is 2.17. The van der Waals surface area contributed by atoms with E-state index in [4.69, 9.17) is 10.5 Å². The summed E-state index contributed by atoms with van der Waals surface area (Å²) >= 11 is 1.60. The number of nitrogen functional groups attached to an aromatic ring is 1. The summed E-state index contributed by atoms with van der Waals surface area (Å²) < 4.78 is 4.89. The van der Waals surface area contributed by atoms with Gasteiger partial charge in [-0.2, -0.15) is 11.8 Å². The molecule has 2 N–H and O–H groups in total. The maximum absolute atomic E-state index is 11.6. The van der Waals surface area contributed by atoms with Gasteiger partial charge in [0.1, 0.15) is 17.2 Å². The first kappa shape index (κ1) is 12.8. The SMILES string of the molecule is CCOC(=O)c1c(C)nc(CSC)nc1N. The van der Waals surface area contributed by atoms with E-state index < -0.39 is 5.97 Å². The van der Waals surface area contributed by atoms with Gasteiger partial charge in [0.05, 0.1) is 18.1 Å². The fourth-order valence-corrected chi connectivity index (χ4v) is 1.69. The Balaban J connectivity index is 3.07. The number of hydrogen-bond acceptors (Lipinski definition) is 6. The van der Waals surface area contributed by atoms with Crippen molar-refractivity contribution < 1.29 is 9.53 Å². The topological polar surface area (TPSA) is 78.1 Å². The van der Waals surface area contributed by atoms with E-state index in [0.717, 1.165) is 0 Å². The van der Waals surface area contributed by atoms with Gasteiger partial charge < -0.3 is 10.5 Å². The van der Waals surface area contributed by atoms with Crippen molar-refractivity contribution in [2.75, 3.05) is 18.6 Å². The molecule has 0 aromatic carbocycles. The molecular formula is C10H15N3O2S. The van der Waals surface area contributed by atoms with E-state index in [1.807, 2.05) is 6.26 Å². The van der Waals surface area contributed by atoms with E-state index in [1.54, 1.807) is 25.6 Å². The predicted octanol–water partition coefficient (Wildman–Crippen LogP) is 1.41. The number of esters is 1. The van der Waals surface area contributed by atoms with E-state index >= 15 is 0 Å². The van der Waals surface area contributed by atoms with Crippen LogP contribution in [0.15, 0.2) is 0 Å². The van der Waals surface area contributed by atoms with Gasteiger partial charge in [0.15, 0.2) is 0 Å². The number of anilines is 1. The van der Waals surface area contributed by atoms with Gasteiger partial charge in [-0.25, -0.2) is 14.8 Å². The summed E-state index contributed by atoms with van der Waals surface area (Å²) in [6, 6.07) is 0. The largest absolute Gasteiger partial charge is 0.462 e. The van der Waals surface area contributed by atoms with Crippen molar-refractivity contribution in [3.05, 3.63) is 17.1 Å². The first-order valence-electron chi connectivity index (χ1n) is 4.89. The summed E-state index contributed by atoms with van der Waals surface area (Å²) in [5, 5.41) is 0. The molecule has 0 aliphatic carbocycles. The molecule has 0 spiro atoms. The number of thioether (sulfide) groups is 1. The second-order valence-electron chi connectivity index (χ2n) is 3.14. The fourth-order valence-electron chi connectivity index (χ4n) is 1.30. The lowest BCUT2D eigenvalue weighted by Crippen LogP contribution is -2.14. The average molecular weight is 241 g/mol. The van der Waals surface area contributed by atoms with E-state index in [9.17, 15) is 4.79 Å². The van der Waals surface area contributed by atoms with Crippen LogP contribution in [0.3, 0.4) is 0 Å². The van der Waals surface area contributed by atoms with Crippen LogP contribution in [-0.4, -0.2) is 28.8 Å². The minimum atomic E-state index is -0.465. The molecule has 0 saturated carbocycles. The number of aromatic nitrogens is 2. The standard InChI is InChI=1S/C10H15N3O2S/c1-4-15-10(14)8-6(2)12-7(5-16-3)13-9(8)11/h4-5H2,1-3H3,(H2,11,12,13). The highest BCUT2D eigenvalue weighted by Gasteiger charge is 2.17. The van der Waals surface area contributed by atoms with E-state index in [-0.39, 0.29) is 11.4 Å². The van der Waals surface area contributed by atoms with Gasteiger partial charge in [-0.3, -0.25) is 0 Å². The third kappa shape index (κ3) is 2.85. The predicted molar refractivity (Wildman–Crippen MR) is 64.4 cm³/mol. The fraction of sp³-hybridized carbons (Fsp3) is 0.500. The Morgan fingerprint density at radius 2 is 2.19 bits per heavy atom. The number of carbonyl (C=O) groups is 1. The van der Waals surface area contributed by atoms with Gasteiger partial charge in [0.2, 0.25) is 0 Å². The summed E-state index contributed by atoms with van der Waals surface area (Å²) in [6.07, 6.45) is 1.95. The van der Waals surface area contributed by atoms with Crippen LogP contribution in [0.1, 0.15) is 28.8 Å². The van der Waals surface area contributed by atoms with Crippen molar-refractivity contribution in [3.63, 3.8) is 0 Å². The summed E-state index contributed by atoms with van der Waals surface area (Å²) in [5.74, 6) is 1.03. The van der Waals surface area contributed by atoms with E-state index in [0.29, 0.717) is 23.9 Å². The van der Waals surface area contributed by atoms with Crippen molar-refractivity contribution in [1.82, 2.24) is 9.97 Å². The Hall–Kier alpha value is -1.30. The molecule has 1 aromatic heterocycles. The van der Waals surface area contributed by atoms with Gasteiger partial charge in [-0.1, -0.05) is 0 Å². The molecule has 0 fully saturated rings. The van der Waals surface area contributed by atoms with Crippen LogP contribution < -0.4 is 5.73 Å². The Labute approximate surface area is 98.8 Å². The molecule has 0 aliphatic rings. The molecule has 0 bridgehead atoms. The normalized spacial score (nSPS) is 10.2. The Morgan fingerprint density at radius 1 is 1.50 bits per heavy atom. The minimum Gasteiger partial charge on any atom is -0.462 e. The minimum absolute atomic E-state index is 0.190. The Morgan fingerprint density at radius 3 is 2.69 bits per heavy atom. The second-order valence-corrected chi connectivity index (χ2v) is 4.00. The highest BCUT2D eigenvalue weighted by molar-refractivity contribution is 7.97. The van der Waals surface area contributed by atoms with Crippen molar-refractivity contribution in [3.8, 4) is 0 Å². The smallest absolute Gasteiger partial charge is 0.343 e. The lowest BCUT2D eigenvalue weighted by atomic mass is 10.2. The molecule has 0 radical (unpaired) electrons. The number of nitrogens with two attached hydrogens (primary N) is 1. The van der Waals surface area contributed by atoms with Crippen LogP contribution in [0, 0.1) is 6.92 Å². The van der Waals surface area contributed by atoms with Crippen molar-refractivity contribution >= 4 is 23.5 Å². The molecule has 16 heavy (non-hydrogen) atoms. The van der Waals surface area contributed by atoms with Gasteiger partial charge in [-0.15, -0.1) is 0 Å². The van der Waals surface area contributed by atoms with Crippen LogP contribution in [0.25, 0.3) is 0 Å². The molecular weight excluding hydrogens is 226 g/mol. The van der Waals surface area contributed by atoms with Crippen molar-refractivity contribution in [2.24, 2.45) is 0 Å². The maximum Gasteiger partial charge on any atom is 0.343 e. The van der Waals surface area contributed by atoms with Crippen LogP contribution in [0.4, 0.5) is 5.82 Å². The third-order valence-electron chi connectivity index (χ3n) is 1.92. The second kappa shape index (κ2) is 5.69. The zero-order valence-electron chi connectivity index (χ0n) is 9.61. The molecule has 0 saturated heterocycles. The van der Waals surface area contributed by atoms with Crippen molar-refractivity contribution in [1.29, 1.82) is 0 Å². The molecule has 1 aromatic rings. The van der Waals surface area contributed by atoms with Crippen molar-refractivity contribution in [2.45, 2.75) is 19.6 Å². The van der Waals surface area contributed by atoms with Crippen LogP contribution in [0.5, 0.6) is 0 Å². The summed E-state index contributed by atoms with van der Waals surface area (Å²) in [4.78, 5) is 19.9. The van der Waals surface area contributed by atoms with E-state index in [2.05, 4.69) is 9.97 Å². The number of rotatable bonds is 4. The molecule has 1 rings (SSSR count). The molecule has 0 amide bonds. The molecule has 6 heteroatoms. The quantitative estimate of drug-likeness (QED) is 0.803. The highest BCUT2D eigenvalue weighted by Crippen LogP contribution is 2.16. The number of aryl methyl sites for hydroxylation is 1. The zero-order valence-corrected chi connectivity index (χ0v) is 10.4. The maximum atomic E-state index is 11.6. The summed E-state index contributed by atoms with van der Waals surface area (Å²) in [5.41, 5.74) is 6.56. The Kier molecular flexibility index (Phi) is 4.54. The van der Waals surface area contributed by atoms with Crippen LogP contribution >= 0.6 is 11.8 Å². The molecule has 88 valence electrons. The number of carbonyl (C=O) groups excluding carboxylic acids is 1. The van der Waals surface area contributed by atoms with Gasteiger partial charge in [0.25, 0.3) is 0 Å². The lowest BCUT2D eigenvalue weighted by molar-refractivity contribution is 0.0526. The molecule has 1 heterocycles. The van der Waals surface area contributed by atoms with Gasteiger partial charge in [-0.05, 0) is 20.1 Å². The molecule has 0 atom stereocenters. The molecule has 5 nitrogen and oxygen atoms in total. The van der Waals surface area contributed by atoms with Gasteiger partial charge >= 0.3 is 5.97 Å². The number of nitrogens with zero attached hydrogens (tertiary/aromatic N) is 2. The number of ether oxygens (including phenoxy) is 1. The zero-order chi connectivity index (χ0) is 12.1. The first-order chi connectivity index (χ1) is 7.60. The summed E-state index contributed by atoms with van der Waals surface area (Å²) in [7, 11) is 0. The van der Waals surface area contributed by atoms with Gasteiger partial charge in [0, 0.05) is 0 Å². The highest BCUT2D eigenvalue weighted by atomic mass is 32.2. The van der Waals surface area contributed by atoms with Crippen LogP contribution in [0.2, 0.25) is 0 Å².